The van der Waals surface area contributed by atoms with Crippen molar-refractivity contribution in [2.45, 2.75) is 6.92 Å². The van der Waals surface area contributed by atoms with Crippen LogP contribution < -0.4 is 4.74 Å². The summed E-state index contributed by atoms with van der Waals surface area (Å²) in [7, 11) is 0. The molecule has 0 bridgehead atoms. The fourth-order valence-electron chi connectivity index (χ4n) is 2.18. The Hall–Kier alpha value is -2.79. The summed E-state index contributed by atoms with van der Waals surface area (Å²) in [6.45, 7) is 1.84. The third-order valence-electron chi connectivity index (χ3n) is 3.48. The molecule has 3 aromatic rings. The molecule has 0 atom stereocenters. The Balaban J connectivity index is 1.73. The molecule has 0 aliphatic heterocycles. The fraction of sp³-hybridized carbons (Fsp3) is 0.0526. The zero-order valence-corrected chi connectivity index (χ0v) is 13.6. The summed E-state index contributed by atoms with van der Waals surface area (Å²) < 4.78 is 18.2. The van der Waals surface area contributed by atoms with E-state index in [9.17, 15) is 14.0 Å². The van der Waals surface area contributed by atoms with Gasteiger partial charge in [0, 0.05) is 11.1 Å². The molecule has 0 spiro atoms. The first-order valence-corrected chi connectivity index (χ1v) is 8.09. The van der Waals surface area contributed by atoms with Crippen LogP contribution in [0.5, 0.6) is 5.75 Å². The number of ether oxygens (including phenoxy) is 1. The zero-order chi connectivity index (χ0) is 17.1. The maximum atomic E-state index is 12.9. The van der Waals surface area contributed by atoms with Gasteiger partial charge >= 0.3 is 5.97 Å². The van der Waals surface area contributed by atoms with E-state index in [0.717, 1.165) is 5.56 Å². The highest BCUT2D eigenvalue weighted by Gasteiger charge is 2.14. The van der Waals surface area contributed by atoms with Crippen LogP contribution in [-0.4, -0.2) is 11.8 Å². The first kappa shape index (κ1) is 16.1. The van der Waals surface area contributed by atoms with Crippen molar-refractivity contribution in [3.05, 3.63) is 87.4 Å². The van der Waals surface area contributed by atoms with Gasteiger partial charge in [0.25, 0.3) is 0 Å². The summed E-state index contributed by atoms with van der Waals surface area (Å²) in [6, 6.07) is 13.5. The Kier molecular flexibility index (Phi) is 4.53. The fourth-order valence-corrected chi connectivity index (χ4v) is 2.98. The monoisotopic (exact) mass is 340 g/mol. The topological polar surface area (TPSA) is 43.4 Å². The van der Waals surface area contributed by atoms with Gasteiger partial charge in [0.1, 0.15) is 16.4 Å². The van der Waals surface area contributed by atoms with Crippen molar-refractivity contribution in [1.82, 2.24) is 0 Å². The minimum absolute atomic E-state index is 0.220. The molecule has 5 heteroatoms. The van der Waals surface area contributed by atoms with Gasteiger partial charge in [-0.05, 0) is 72.5 Å². The number of benzene rings is 2. The molecule has 0 saturated carbocycles. The number of carbonyl (C=O) groups excluding carboxylic acids is 2. The van der Waals surface area contributed by atoms with Crippen LogP contribution in [0, 0.1) is 12.7 Å². The zero-order valence-electron chi connectivity index (χ0n) is 12.8. The summed E-state index contributed by atoms with van der Waals surface area (Å²) in [5.41, 5.74) is 1.71. The van der Waals surface area contributed by atoms with Crippen molar-refractivity contribution >= 4 is 23.1 Å². The minimum Gasteiger partial charge on any atom is -0.422 e. The second-order valence-corrected chi connectivity index (χ2v) is 6.10. The quantitative estimate of drug-likeness (QED) is 0.395. The van der Waals surface area contributed by atoms with E-state index in [1.807, 2.05) is 18.4 Å². The molecule has 0 radical (unpaired) electrons. The standard InChI is InChI=1S/C19H13FO3S/c1-12-10-11-24-18(12)19(22)23-16-8-4-14(5-9-16)17(21)13-2-6-15(20)7-3-13/h2-11H,1H3. The average molecular weight is 340 g/mol. The lowest BCUT2D eigenvalue weighted by atomic mass is 10.0. The predicted molar refractivity (Wildman–Crippen MR) is 90.3 cm³/mol. The molecule has 1 heterocycles. The second-order valence-electron chi connectivity index (χ2n) is 5.18. The van der Waals surface area contributed by atoms with E-state index in [1.54, 1.807) is 24.3 Å². The summed E-state index contributed by atoms with van der Waals surface area (Å²) >= 11 is 1.32. The molecule has 3 nitrogen and oxygen atoms in total. The highest BCUT2D eigenvalue weighted by molar-refractivity contribution is 7.12. The first-order chi connectivity index (χ1) is 11.5. The Morgan fingerprint density at radius 1 is 0.917 bits per heavy atom. The van der Waals surface area contributed by atoms with Crippen molar-refractivity contribution in [2.24, 2.45) is 0 Å². The summed E-state index contributed by atoms with van der Waals surface area (Å²) in [6.07, 6.45) is 0. The molecular formula is C19H13FO3S. The second kappa shape index (κ2) is 6.76. The lowest BCUT2D eigenvalue weighted by molar-refractivity contribution is 0.0739. The molecule has 0 saturated heterocycles. The van der Waals surface area contributed by atoms with Crippen LogP contribution in [-0.2, 0) is 0 Å². The number of hydrogen-bond acceptors (Lipinski definition) is 4. The molecule has 0 unspecified atom stereocenters. The van der Waals surface area contributed by atoms with Crippen molar-refractivity contribution in [1.29, 1.82) is 0 Å². The van der Waals surface area contributed by atoms with Crippen LogP contribution in [0.1, 0.15) is 31.2 Å². The molecule has 0 N–H and O–H groups in total. The lowest BCUT2D eigenvalue weighted by Crippen LogP contribution is -2.08. The summed E-state index contributed by atoms with van der Waals surface area (Å²) in [5.74, 6) is -0.664. The molecule has 2 aromatic carbocycles. The number of aryl methyl sites for hydroxylation is 1. The normalized spacial score (nSPS) is 10.4. The van der Waals surface area contributed by atoms with Crippen molar-refractivity contribution in [3.8, 4) is 5.75 Å². The SMILES string of the molecule is Cc1ccsc1C(=O)Oc1ccc(C(=O)c2ccc(F)cc2)cc1. The highest BCUT2D eigenvalue weighted by Crippen LogP contribution is 2.20. The van der Waals surface area contributed by atoms with Crippen LogP contribution in [0.15, 0.2) is 60.0 Å². The van der Waals surface area contributed by atoms with Gasteiger partial charge in [0.05, 0.1) is 0 Å². The first-order valence-electron chi connectivity index (χ1n) is 7.21. The van der Waals surface area contributed by atoms with E-state index in [1.165, 1.54) is 35.6 Å². The molecule has 0 aliphatic carbocycles. The number of esters is 1. The van der Waals surface area contributed by atoms with Gasteiger partial charge in [0.2, 0.25) is 0 Å². The van der Waals surface area contributed by atoms with Gasteiger partial charge in [-0.2, -0.15) is 0 Å². The smallest absolute Gasteiger partial charge is 0.353 e. The van der Waals surface area contributed by atoms with Gasteiger partial charge in [-0.1, -0.05) is 0 Å². The molecule has 24 heavy (non-hydrogen) atoms. The van der Waals surface area contributed by atoms with Crippen LogP contribution in [0.3, 0.4) is 0 Å². The molecule has 0 amide bonds. The minimum atomic E-state index is -0.417. The molecule has 0 aliphatic rings. The number of halogens is 1. The van der Waals surface area contributed by atoms with Crippen LogP contribution in [0.25, 0.3) is 0 Å². The van der Waals surface area contributed by atoms with E-state index in [2.05, 4.69) is 0 Å². The summed E-state index contributed by atoms with van der Waals surface area (Å²) in [5, 5.41) is 1.83. The lowest BCUT2D eigenvalue weighted by Gasteiger charge is -2.05. The number of carbonyl (C=O) groups is 2. The highest BCUT2D eigenvalue weighted by atomic mass is 32.1. The van der Waals surface area contributed by atoms with E-state index in [-0.39, 0.29) is 5.78 Å². The predicted octanol–water partition coefficient (Wildman–Crippen LogP) is 4.65. The van der Waals surface area contributed by atoms with Crippen molar-refractivity contribution in [2.75, 3.05) is 0 Å². The maximum absolute atomic E-state index is 12.9. The van der Waals surface area contributed by atoms with Crippen molar-refractivity contribution in [3.63, 3.8) is 0 Å². The van der Waals surface area contributed by atoms with Crippen LogP contribution in [0.4, 0.5) is 4.39 Å². The van der Waals surface area contributed by atoms with Gasteiger partial charge in [0.15, 0.2) is 5.78 Å². The molecule has 0 fully saturated rings. The third kappa shape index (κ3) is 3.41. The van der Waals surface area contributed by atoms with E-state index < -0.39 is 11.8 Å². The van der Waals surface area contributed by atoms with Gasteiger partial charge < -0.3 is 4.74 Å². The van der Waals surface area contributed by atoms with E-state index in [0.29, 0.717) is 21.8 Å². The number of rotatable bonds is 4. The number of ketones is 1. The largest absolute Gasteiger partial charge is 0.422 e. The Morgan fingerprint density at radius 3 is 2.04 bits per heavy atom. The molecule has 3 rings (SSSR count). The van der Waals surface area contributed by atoms with Gasteiger partial charge in [-0.3, -0.25) is 4.79 Å². The van der Waals surface area contributed by atoms with Crippen LogP contribution >= 0.6 is 11.3 Å². The number of thiophene rings is 1. The van der Waals surface area contributed by atoms with Crippen molar-refractivity contribution < 1.29 is 18.7 Å². The Bertz CT molecular complexity index is 880. The van der Waals surface area contributed by atoms with E-state index in [4.69, 9.17) is 4.74 Å². The Morgan fingerprint density at radius 2 is 1.50 bits per heavy atom. The Labute approximate surface area is 142 Å². The molecular weight excluding hydrogens is 327 g/mol. The van der Waals surface area contributed by atoms with E-state index >= 15 is 0 Å². The summed E-state index contributed by atoms with van der Waals surface area (Å²) in [4.78, 5) is 24.9. The molecule has 1 aromatic heterocycles. The third-order valence-corrected chi connectivity index (χ3v) is 4.48. The average Bonchev–Trinajstić information content (AvgIpc) is 3.02. The molecule has 120 valence electrons. The number of hydrogen-bond donors (Lipinski definition) is 0. The van der Waals surface area contributed by atoms with Gasteiger partial charge in [-0.15, -0.1) is 11.3 Å². The van der Waals surface area contributed by atoms with Crippen LogP contribution in [0.2, 0.25) is 0 Å². The maximum Gasteiger partial charge on any atom is 0.353 e. The van der Waals surface area contributed by atoms with Gasteiger partial charge in [-0.25, -0.2) is 9.18 Å².